The SMILES string of the molecule is COC(=O)[C@@H](OC(C)(C)C)c1c(C)nc2c(cc(C(=O)N3CCN(C4CCCC4)CC3)n2C)c1-c1cc(F)c2c(c1C)CCCO2. The second-order valence-electron chi connectivity index (χ2n) is 14.0. The summed E-state index contributed by atoms with van der Waals surface area (Å²) in [6.07, 6.45) is 5.39. The number of nitrogens with zero attached hydrogens (tertiary/aromatic N) is 4. The maximum absolute atomic E-state index is 15.8. The van der Waals surface area contributed by atoms with Crippen LogP contribution in [-0.4, -0.2) is 82.8 Å². The standard InChI is InChI=1S/C36H47FN4O5/c1-21-24-13-10-18-45-31(24)27(37)19-25(21)30-26-20-28(34(42)41-16-14-40(15-17-41)23-11-8-9-12-23)39(6)33(26)38-22(2)29(30)32(35(43)44-7)46-36(3,4)5/h19-20,23,32H,8-18H2,1-7H3/t32-/m0/s1. The molecule has 1 saturated carbocycles. The minimum absolute atomic E-state index is 0.0612. The summed E-state index contributed by atoms with van der Waals surface area (Å²) in [6.45, 7) is 12.9. The second kappa shape index (κ2) is 12.6. The number of halogens is 1. The third-order valence-electron chi connectivity index (χ3n) is 9.92. The van der Waals surface area contributed by atoms with Crippen molar-refractivity contribution in [2.24, 2.45) is 7.05 Å². The molecule has 46 heavy (non-hydrogen) atoms. The normalized spacial score (nSPS) is 18.5. The lowest BCUT2D eigenvalue weighted by Crippen LogP contribution is -2.51. The van der Waals surface area contributed by atoms with Crippen LogP contribution in [0, 0.1) is 19.7 Å². The van der Waals surface area contributed by atoms with Gasteiger partial charge in [0.25, 0.3) is 5.91 Å². The number of carbonyl (C=O) groups excluding carboxylic acids is 2. The van der Waals surface area contributed by atoms with Crippen LogP contribution >= 0.6 is 0 Å². The Labute approximate surface area is 271 Å². The molecule has 1 atom stereocenters. The van der Waals surface area contributed by atoms with E-state index in [-0.39, 0.29) is 11.7 Å². The van der Waals surface area contributed by atoms with Gasteiger partial charge in [-0.15, -0.1) is 0 Å². The molecule has 10 heteroatoms. The molecule has 6 rings (SSSR count). The zero-order valence-corrected chi connectivity index (χ0v) is 28.3. The number of carbonyl (C=O) groups is 2. The molecule has 1 saturated heterocycles. The summed E-state index contributed by atoms with van der Waals surface area (Å²) in [5.74, 6) is -0.809. The number of methoxy groups -OCH3 is 1. The van der Waals surface area contributed by atoms with E-state index < -0.39 is 23.5 Å². The summed E-state index contributed by atoms with van der Waals surface area (Å²) in [5, 5.41) is 0.654. The van der Waals surface area contributed by atoms with Crippen LogP contribution in [-0.2, 0) is 27.7 Å². The Balaban J connectivity index is 1.52. The Hall–Kier alpha value is -3.50. The first-order valence-electron chi connectivity index (χ1n) is 16.6. The van der Waals surface area contributed by atoms with Crippen LogP contribution in [0.15, 0.2) is 12.1 Å². The number of hydrogen-bond acceptors (Lipinski definition) is 7. The average Bonchev–Trinajstić information content (AvgIpc) is 3.69. The van der Waals surface area contributed by atoms with E-state index >= 15 is 4.39 Å². The fourth-order valence-electron chi connectivity index (χ4n) is 7.60. The average molecular weight is 635 g/mol. The largest absolute Gasteiger partial charge is 0.490 e. The molecule has 0 unspecified atom stereocenters. The molecule has 9 nitrogen and oxygen atoms in total. The van der Waals surface area contributed by atoms with E-state index in [0.29, 0.717) is 71.3 Å². The second-order valence-corrected chi connectivity index (χ2v) is 14.0. The van der Waals surface area contributed by atoms with Gasteiger partial charge in [0.2, 0.25) is 0 Å². The van der Waals surface area contributed by atoms with E-state index in [1.807, 2.05) is 57.2 Å². The van der Waals surface area contributed by atoms with E-state index in [4.69, 9.17) is 19.2 Å². The predicted octanol–water partition coefficient (Wildman–Crippen LogP) is 6.05. The number of fused-ring (bicyclic) bond motifs is 2. The van der Waals surface area contributed by atoms with Crippen molar-refractivity contribution in [3.63, 3.8) is 0 Å². The van der Waals surface area contributed by atoms with Gasteiger partial charge in [0.05, 0.1) is 19.3 Å². The topological polar surface area (TPSA) is 86.1 Å². The minimum atomic E-state index is -1.13. The van der Waals surface area contributed by atoms with Crippen molar-refractivity contribution in [1.29, 1.82) is 0 Å². The number of hydrogen-bond donors (Lipinski definition) is 0. The lowest BCUT2D eigenvalue weighted by molar-refractivity contribution is -0.164. The van der Waals surface area contributed by atoms with Crippen LogP contribution in [0.2, 0.25) is 0 Å². The number of amides is 1. The first-order valence-corrected chi connectivity index (χ1v) is 16.6. The number of esters is 1. The molecule has 248 valence electrons. The molecular formula is C36H47FN4O5. The number of pyridine rings is 1. The van der Waals surface area contributed by atoms with Gasteiger partial charge in [0.15, 0.2) is 17.7 Å². The number of ether oxygens (including phenoxy) is 3. The minimum Gasteiger partial charge on any atom is -0.490 e. The lowest BCUT2D eigenvalue weighted by atomic mass is 9.86. The summed E-state index contributed by atoms with van der Waals surface area (Å²) < 4.78 is 35.0. The smallest absolute Gasteiger partial charge is 0.339 e. The maximum Gasteiger partial charge on any atom is 0.339 e. The van der Waals surface area contributed by atoms with E-state index in [9.17, 15) is 9.59 Å². The highest BCUT2D eigenvalue weighted by molar-refractivity contribution is 6.05. The van der Waals surface area contributed by atoms with Crippen molar-refractivity contribution in [3.05, 3.63) is 46.0 Å². The van der Waals surface area contributed by atoms with Crippen LogP contribution in [0.1, 0.15) is 91.9 Å². The molecule has 0 N–H and O–H groups in total. The first-order chi connectivity index (χ1) is 21.9. The molecular weight excluding hydrogens is 587 g/mol. The lowest BCUT2D eigenvalue weighted by Gasteiger charge is -2.38. The van der Waals surface area contributed by atoms with Gasteiger partial charge in [-0.2, -0.15) is 0 Å². The maximum atomic E-state index is 15.8. The van der Waals surface area contributed by atoms with Gasteiger partial charge in [0, 0.05) is 67.0 Å². The molecule has 4 heterocycles. The number of piperazine rings is 1. The van der Waals surface area contributed by atoms with E-state index in [0.717, 1.165) is 30.6 Å². The number of benzene rings is 1. The molecule has 2 aliphatic heterocycles. The van der Waals surface area contributed by atoms with E-state index in [1.54, 1.807) is 0 Å². The van der Waals surface area contributed by atoms with Gasteiger partial charge in [-0.1, -0.05) is 12.8 Å². The molecule has 1 amide bonds. The molecule has 0 bridgehead atoms. The predicted molar refractivity (Wildman–Crippen MR) is 175 cm³/mol. The van der Waals surface area contributed by atoms with Gasteiger partial charge < -0.3 is 23.7 Å². The number of rotatable bonds is 6. The highest BCUT2D eigenvalue weighted by Gasteiger charge is 2.36. The Morgan fingerprint density at radius 1 is 1.07 bits per heavy atom. The van der Waals surface area contributed by atoms with Crippen molar-refractivity contribution >= 4 is 22.9 Å². The fraction of sp³-hybridized carbons (Fsp3) is 0.583. The van der Waals surface area contributed by atoms with Crippen molar-refractivity contribution in [1.82, 2.24) is 19.4 Å². The van der Waals surface area contributed by atoms with Gasteiger partial charge >= 0.3 is 5.97 Å². The van der Waals surface area contributed by atoms with Gasteiger partial charge in [-0.25, -0.2) is 14.2 Å². The van der Waals surface area contributed by atoms with Crippen LogP contribution in [0.4, 0.5) is 4.39 Å². The Bertz CT molecular complexity index is 1660. The molecule has 2 aromatic heterocycles. The molecule has 1 aliphatic carbocycles. The van der Waals surface area contributed by atoms with Crippen LogP contribution in [0.3, 0.4) is 0 Å². The van der Waals surface area contributed by atoms with Crippen molar-refractivity contribution in [3.8, 4) is 16.9 Å². The highest BCUT2D eigenvalue weighted by atomic mass is 19.1. The quantitative estimate of drug-likeness (QED) is 0.305. The van der Waals surface area contributed by atoms with Gasteiger partial charge in [-0.05, 0) is 83.6 Å². The first kappa shape index (κ1) is 32.4. The van der Waals surface area contributed by atoms with Crippen LogP contribution < -0.4 is 4.74 Å². The van der Waals surface area contributed by atoms with Crippen molar-refractivity contribution in [2.75, 3.05) is 39.9 Å². The van der Waals surface area contributed by atoms with Crippen molar-refractivity contribution in [2.45, 2.75) is 90.9 Å². The Morgan fingerprint density at radius 2 is 1.76 bits per heavy atom. The summed E-state index contributed by atoms with van der Waals surface area (Å²) >= 11 is 0. The molecule has 2 fully saturated rings. The molecule has 0 spiro atoms. The zero-order valence-electron chi connectivity index (χ0n) is 28.3. The fourth-order valence-corrected chi connectivity index (χ4v) is 7.60. The summed E-state index contributed by atoms with van der Waals surface area (Å²) in [6, 6.07) is 3.97. The Morgan fingerprint density at radius 3 is 2.41 bits per heavy atom. The molecule has 3 aromatic rings. The molecule has 0 radical (unpaired) electrons. The zero-order chi connectivity index (χ0) is 32.9. The van der Waals surface area contributed by atoms with Crippen molar-refractivity contribution < 1.29 is 28.2 Å². The summed E-state index contributed by atoms with van der Waals surface area (Å²) in [5.41, 5.74) is 4.33. The molecule has 1 aromatic carbocycles. The summed E-state index contributed by atoms with van der Waals surface area (Å²) in [4.78, 5) is 36.9. The third kappa shape index (κ3) is 5.90. The third-order valence-corrected chi connectivity index (χ3v) is 9.92. The van der Waals surface area contributed by atoms with E-state index in [1.165, 1.54) is 38.9 Å². The number of aromatic nitrogens is 2. The van der Waals surface area contributed by atoms with E-state index in [2.05, 4.69) is 4.90 Å². The summed E-state index contributed by atoms with van der Waals surface area (Å²) in [7, 11) is 3.17. The highest BCUT2D eigenvalue weighted by Crippen LogP contribution is 2.45. The Kier molecular flexibility index (Phi) is 8.89. The van der Waals surface area contributed by atoms with Crippen LogP contribution in [0.25, 0.3) is 22.2 Å². The van der Waals surface area contributed by atoms with Gasteiger partial charge in [-0.3, -0.25) is 9.69 Å². The molecule has 3 aliphatic rings. The van der Waals surface area contributed by atoms with Gasteiger partial charge in [0.1, 0.15) is 11.3 Å². The van der Waals surface area contributed by atoms with Crippen LogP contribution in [0.5, 0.6) is 5.75 Å². The monoisotopic (exact) mass is 634 g/mol. The number of aryl methyl sites for hydroxylation is 2.